The van der Waals surface area contributed by atoms with Crippen molar-refractivity contribution in [3.63, 3.8) is 0 Å². The molecule has 0 bridgehead atoms. The monoisotopic (exact) mass is 441 g/mol. The van der Waals surface area contributed by atoms with Gasteiger partial charge in [-0.25, -0.2) is 0 Å². The summed E-state index contributed by atoms with van der Waals surface area (Å²) < 4.78 is 24.9. The molecular formula is C19H21Cl2N3O3S. The number of benzene rings is 2. The number of sulfonamides is 1. The molecule has 6 nitrogen and oxygen atoms in total. The van der Waals surface area contributed by atoms with Crippen LogP contribution in [0.15, 0.2) is 52.5 Å². The lowest BCUT2D eigenvalue weighted by Crippen LogP contribution is -2.27. The lowest BCUT2D eigenvalue weighted by Gasteiger charge is -2.18. The summed E-state index contributed by atoms with van der Waals surface area (Å²) in [7, 11) is -3.99. The number of carbonyl (C=O) groups is 1. The highest BCUT2D eigenvalue weighted by molar-refractivity contribution is 7.89. The zero-order valence-corrected chi connectivity index (χ0v) is 18.2. The summed E-state index contributed by atoms with van der Waals surface area (Å²) in [6, 6.07) is 11.1. The maximum atomic E-state index is 12.4. The molecule has 0 aromatic heterocycles. The Morgan fingerprint density at radius 1 is 1.07 bits per heavy atom. The fraction of sp³-hybridized carbons (Fsp3) is 0.263. The maximum absolute atomic E-state index is 12.4. The van der Waals surface area contributed by atoms with Crippen molar-refractivity contribution in [2.75, 3.05) is 5.32 Å². The normalized spacial score (nSPS) is 12.6. The Morgan fingerprint density at radius 3 is 2.39 bits per heavy atom. The van der Waals surface area contributed by atoms with Crippen LogP contribution in [0, 0.1) is 5.41 Å². The fourth-order valence-electron chi connectivity index (χ4n) is 2.07. The lowest BCUT2D eigenvalue weighted by atomic mass is 9.95. The minimum absolute atomic E-state index is 0.0386. The molecule has 0 spiro atoms. The van der Waals surface area contributed by atoms with E-state index in [9.17, 15) is 13.2 Å². The third-order valence-corrected chi connectivity index (χ3v) is 5.66. The van der Waals surface area contributed by atoms with Crippen molar-refractivity contribution in [1.29, 1.82) is 0 Å². The second-order valence-corrected chi connectivity index (χ2v) is 9.62. The average molecular weight is 442 g/mol. The molecule has 0 aliphatic carbocycles. The van der Waals surface area contributed by atoms with Crippen LogP contribution in [0.3, 0.4) is 0 Å². The van der Waals surface area contributed by atoms with Crippen molar-refractivity contribution >= 4 is 50.5 Å². The van der Waals surface area contributed by atoms with E-state index in [0.29, 0.717) is 17.0 Å². The Morgan fingerprint density at radius 2 is 1.75 bits per heavy atom. The first kappa shape index (κ1) is 22.2. The van der Waals surface area contributed by atoms with E-state index in [4.69, 9.17) is 23.2 Å². The smallest absolute Gasteiger partial charge is 0.278 e. The number of hydrazone groups is 1. The van der Waals surface area contributed by atoms with Gasteiger partial charge < -0.3 is 5.32 Å². The maximum Gasteiger partial charge on any atom is 0.278 e. The summed E-state index contributed by atoms with van der Waals surface area (Å²) in [6.45, 7) is 7.09. The minimum Gasteiger partial charge on any atom is -0.326 e. The summed E-state index contributed by atoms with van der Waals surface area (Å²) in [5, 5.41) is 7.05. The van der Waals surface area contributed by atoms with E-state index < -0.39 is 15.4 Å². The number of nitrogens with zero attached hydrogens (tertiary/aromatic N) is 1. The van der Waals surface area contributed by atoms with Gasteiger partial charge >= 0.3 is 0 Å². The van der Waals surface area contributed by atoms with E-state index in [1.807, 2.05) is 20.8 Å². The molecule has 0 fully saturated rings. The molecule has 0 aliphatic rings. The van der Waals surface area contributed by atoms with Gasteiger partial charge in [-0.1, -0.05) is 56.1 Å². The van der Waals surface area contributed by atoms with Crippen LogP contribution in [0.4, 0.5) is 5.69 Å². The van der Waals surface area contributed by atoms with Crippen LogP contribution in [0.5, 0.6) is 0 Å². The first-order chi connectivity index (χ1) is 12.9. The van der Waals surface area contributed by atoms with Crippen LogP contribution in [0.2, 0.25) is 10.0 Å². The Bertz CT molecular complexity index is 1030. The molecule has 0 unspecified atom stereocenters. The quantitative estimate of drug-likeness (QED) is 0.521. The Labute approximate surface area is 175 Å². The van der Waals surface area contributed by atoms with Gasteiger partial charge in [0.25, 0.3) is 10.0 Å². The highest BCUT2D eigenvalue weighted by Crippen LogP contribution is 2.25. The van der Waals surface area contributed by atoms with Gasteiger partial charge in [-0.3, -0.25) is 4.79 Å². The number of rotatable bonds is 5. The Kier molecular flexibility index (Phi) is 6.75. The molecule has 2 N–H and O–H groups in total. The number of amides is 1. The first-order valence-corrected chi connectivity index (χ1v) is 10.6. The fourth-order valence-corrected chi connectivity index (χ4v) is 3.69. The van der Waals surface area contributed by atoms with Gasteiger partial charge in [0.1, 0.15) is 4.90 Å². The van der Waals surface area contributed by atoms with Crippen LogP contribution >= 0.6 is 23.2 Å². The summed E-state index contributed by atoms with van der Waals surface area (Å²) in [5.74, 6) is -0.129. The van der Waals surface area contributed by atoms with Gasteiger partial charge in [-0.15, -0.1) is 0 Å². The summed E-state index contributed by atoms with van der Waals surface area (Å²) in [5.41, 5.74) is 1.11. The van der Waals surface area contributed by atoms with Gasteiger partial charge in [-0.2, -0.15) is 18.4 Å². The van der Waals surface area contributed by atoms with Gasteiger partial charge in [0.05, 0.1) is 10.7 Å². The summed E-state index contributed by atoms with van der Waals surface area (Å²) >= 11 is 11.8. The van der Waals surface area contributed by atoms with Crippen molar-refractivity contribution < 1.29 is 13.2 Å². The number of halogens is 2. The molecular weight excluding hydrogens is 421 g/mol. The van der Waals surface area contributed by atoms with E-state index in [2.05, 4.69) is 15.2 Å². The van der Waals surface area contributed by atoms with Crippen LogP contribution in [0.1, 0.15) is 33.3 Å². The number of hydrogen-bond acceptors (Lipinski definition) is 4. The predicted octanol–water partition coefficient (Wildman–Crippen LogP) is 4.68. The molecule has 28 heavy (non-hydrogen) atoms. The molecule has 0 heterocycles. The number of anilines is 1. The third kappa shape index (κ3) is 5.70. The zero-order chi connectivity index (χ0) is 21.1. The van der Waals surface area contributed by atoms with Gasteiger partial charge in [0, 0.05) is 16.1 Å². The van der Waals surface area contributed by atoms with E-state index >= 15 is 0 Å². The highest BCUT2D eigenvalue weighted by atomic mass is 35.5. The van der Waals surface area contributed by atoms with Crippen molar-refractivity contribution in [2.24, 2.45) is 10.5 Å². The second-order valence-electron chi connectivity index (χ2n) is 7.15. The molecule has 1 amide bonds. The minimum atomic E-state index is -3.99. The first-order valence-electron chi connectivity index (χ1n) is 8.33. The van der Waals surface area contributed by atoms with Crippen molar-refractivity contribution in [3.05, 3.63) is 58.1 Å². The van der Waals surface area contributed by atoms with E-state index in [0.717, 1.165) is 0 Å². The molecule has 0 aliphatic heterocycles. The molecule has 0 saturated carbocycles. The van der Waals surface area contributed by atoms with Gasteiger partial charge in [0.15, 0.2) is 0 Å². The summed E-state index contributed by atoms with van der Waals surface area (Å²) in [6.07, 6.45) is 0. The Hall–Kier alpha value is -2.09. The Balaban J connectivity index is 2.23. The molecule has 2 aromatic carbocycles. The van der Waals surface area contributed by atoms with Gasteiger partial charge in [0.2, 0.25) is 5.91 Å². The van der Waals surface area contributed by atoms with E-state index in [-0.39, 0.29) is 20.8 Å². The molecule has 150 valence electrons. The van der Waals surface area contributed by atoms with Crippen molar-refractivity contribution in [3.8, 4) is 0 Å². The number of carbonyl (C=O) groups excluding carboxylic acids is 1. The van der Waals surface area contributed by atoms with Crippen LogP contribution < -0.4 is 10.1 Å². The van der Waals surface area contributed by atoms with Crippen LogP contribution in [-0.4, -0.2) is 20.0 Å². The second kappa shape index (κ2) is 8.51. The standard InChI is InChI=1S/C19H21Cl2N3O3S/c1-12(13-6-5-7-15(10-13)22-18(25)19(2,3)4)23-24-28(26,27)17-11-14(20)8-9-16(17)21/h5-11,24H,1-4H3,(H,22,25). The summed E-state index contributed by atoms with van der Waals surface area (Å²) in [4.78, 5) is 14.1. The van der Waals surface area contributed by atoms with Crippen LogP contribution in [-0.2, 0) is 14.8 Å². The van der Waals surface area contributed by atoms with E-state index in [1.54, 1.807) is 31.2 Å². The van der Waals surface area contributed by atoms with Gasteiger partial charge in [-0.05, 0) is 42.8 Å². The largest absolute Gasteiger partial charge is 0.326 e. The van der Waals surface area contributed by atoms with Crippen molar-refractivity contribution in [2.45, 2.75) is 32.6 Å². The molecule has 0 radical (unpaired) electrons. The average Bonchev–Trinajstić information content (AvgIpc) is 2.61. The molecule has 9 heteroatoms. The highest BCUT2D eigenvalue weighted by Gasteiger charge is 2.21. The molecule has 2 aromatic rings. The predicted molar refractivity (Wildman–Crippen MR) is 114 cm³/mol. The van der Waals surface area contributed by atoms with E-state index in [1.165, 1.54) is 18.2 Å². The number of hydrogen-bond donors (Lipinski definition) is 2. The van der Waals surface area contributed by atoms with Crippen LogP contribution in [0.25, 0.3) is 0 Å². The SMILES string of the molecule is CC(=NNS(=O)(=O)c1cc(Cl)ccc1Cl)c1cccc(NC(=O)C(C)(C)C)c1. The topological polar surface area (TPSA) is 87.6 Å². The lowest BCUT2D eigenvalue weighted by molar-refractivity contribution is -0.123. The molecule has 0 atom stereocenters. The van der Waals surface area contributed by atoms with Crippen molar-refractivity contribution in [1.82, 2.24) is 4.83 Å². The molecule has 0 saturated heterocycles. The molecule has 2 rings (SSSR count). The third-order valence-electron chi connectivity index (χ3n) is 3.74. The zero-order valence-electron chi connectivity index (χ0n) is 15.9. The number of nitrogens with one attached hydrogen (secondary N) is 2.